The van der Waals surface area contributed by atoms with Gasteiger partial charge in [0.1, 0.15) is 5.75 Å². The van der Waals surface area contributed by atoms with E-state index in [4.69, 9.17) is 5.11 Å². The monoisotopic (exact) mass is 251 g/mol. The number of unbranched alkanes of at least 4 members (excludes halogenated alkanes) is 2. The Morgan fingerprint density at radius 2 is 1.94 bits per heavy atom. The van der Waals surface area contributed by atoms with Crippen molar-refractivity contribution in [3.05, 3.63) is 29.3 Å². The molecule has 0 aliphatic carbocycles. The van der Waals surface area contributed by atoms with Crippen molar-refractivity contribution in [1.29, 1.82) is 0 Å². The van der Waals surface area contributed by atoms with E-state index in [0.717, 1.165) is 24.1 Å². The largest absolute Gasteiger partial charge is 0.507 e. The third-order valence-electron chi connectivity index (χ3n) is 3.21. The number of nitrogens with zero attached hydrogens (tertiary/aromatic N) is 1. The number of aliphatic hydroxyl groups is 1. The van der Waals surface area contributed by atoms with Crippen molar-refractivity contribution >= 4 is 0 Å². The minimum atomic E-state index is 0.165. The number of aliphatic hydroxyl groups excluding tert-OH is 1. The molecule has 0 saturated carbocycles. The van der Waals surface area contributed by atoms with Crippen LogP contribution in [0.5, 0.6) is 5.75 Å². The minimum absolute atomic E-state index is 0.165. The summed E-state index contributed by atoms with van der Waals surface area (Å²) in [6.45, 7) is 6.60. The Labute approximate surface area is 110 Å². The zero-order valence-electron chi connectivity index (χ0n) is 11.5. The fourth-order valence-corrected chi connectivity index (χ4v) is 2.08. The first-order chi connectivity index (χ1) is 8.69. The van der Waals surface area contributed by atoms with Gasteiger partial charge in [0.05, 0.1) is 6.61 Å². The van der Waals surface area contributed by atoms with Gasteiger partial charge in [-0.3, -0.25) is 4.90 Å². The van der Waals surface area contributed by atoms with Crippen LogP contribution in [0.3, 0.4) is 0 Å². The predicted octanol–water partition coefficient (Wildman–Crippen LogP) is 2.69. The number of phenolic OH excluding ortho intramolecular Hbond substituents is 1. The molecule has 3 heteroatoms. The van der Waals surface area contributed by atoms with Crippen LogP contribution in [0.1, 0.15) is 37.3 Å². The molecule has 0 amide bonds. The Hall–Kier alpha value is -1.06. The van der Waals surface area contributed by atoms with Crippen molar-refractivity contribution in [1.82, 2.24) is 4.90 Å². The number of rotatable bonds is 8. The Balaban J connectivity index is 2.61. The van der Waals surface area contributed by atoms with E-state index in [0.29, 0.717) is 18.8 Å². The summed E-state index contributed by atoms with van der Waals surface area (Å²) in [5.74, 6) is 0.385. The molecule has 1 aromatic carbocycles. The summed E-state index contributed by atoms with van der Waals surface area (Å²) in [5, 5.41) is 19.1. The molecule has 0 bridgehead atoms. The van der Waals surface area contributed by atoms with Gasteiger partial charge in [0.15, 0.2) is 0 Å². The number of aryl methyl sites for hydroxylation is 1. The zero-order chi connectivity index (χ0) is 13.4. The summed E-state index contributed by atoms with van der Waals surface area (Å²) >= 11 is 0. The van der Waals surface area contributed by atoms with E-state index in [1.165, 1.54) is 12.8 Å². The third-order valence-corrected chi connectivity index (χ3v) is 3.21. The van der Waals surface area contributed by atoms with E-state index in [-0.39, 0.29) is 6.61 Å². The molecule has 102 valence electrons. The highest BCUT2D eigenvalue weighted by atomic mass is 16.3. The van der Waals surface area contributed by atoms with Crippen LogP contribution in [0, 0.1) is 6.92 Å². The summed E-state index contributed by atoms with van der Waals surface area (Å²) in [7, 11) is 0. The van der Waals surface area contributed by atoms with Crippen LogP contribution in [0.25, 0.3) is 0 Å². The maximum atomic E-state index is 10.00. The topological polar surface area (TPSA) is 43.7 Å². The van der Waals surface area contributed by atoms with Crippen molar-refractivity contribution < 1.29 is 10.2 Å². The molecule has 0 aliphatic rings. The number of aromatic hydroxyl groups is 1. The maximum Gasteiger partial charge on any atom is 0.122 e. The highest BCUT2D eigenvalue weighted by Crippen LogP contribution is 2.22. The number of hydrogen-bond donors (Lipinski definition) is 2. The zero-order valence-corrected chi connectivity index (χ0v) is 11.5. The van der Waals surface area contributed by atoms with Gasteiger partial charge in [-0.1, -0.05) is 38.0 Å². The molecule has 0 unspecified atom stereocenters. The van der Waals surface area contributed by atoms with Crippen LogP contribution in [0.2, 0.25) is 0 Å². The summed E-state index contributed by atoms with van der Waals surface area (Å²) in [6.07, 6.45) is 3.55. The Morgan fingerprint density at radius 1 is 1.17 bits per heavy atom. The first kappa shape index (κ1) is 15.0. The average Bonchev–Trinajstić information content (AvgIpc) is 2.35. The van der Waals surface area contributed by atoms with E-state index >= 15 is 0 Å². The molecule has 0 atom stereocenters. The van der Waals surface area contributed by atoms with Crippen LogP contribution in [-0.4, -0.2) is 34.8 Å². The molecule has 0 saturated heterocycles. The summed E-state index contributed by atoms with van der Waals surface area (Å²) in [6, 6.07) is 5.83. The summed E-state index contributed by atoms with van der Waals surface area (Å²) in [5.41, 5.74) is 1.85. The molecule has 0 fully saturated rings. The van der Waals surface area contributed by atoms with Gasteiger partial charge in [0, 0.05) is 18.7 Å². The third kappa shape index (κ3) is 4.67. The normalized spacial score (nSPS) is 11.1. The Morgan fingerprint density at radius 3 is 2.61 bits per heavy atom. The van der Waals surface area contributed by atoms with Crippen LogP contribution < -0.4 is 0 Å². The first-order valence-corrected chi connectivity index (χ1v) is 6.79. The van der Waals surface area contributed by atoms with Gasteiger partial charge in [0.25, 0.3) is 0 Å². The average molecular weight is 251 g/mol. The van der Waals surface area contributed by atoms with Crippen LogP contribution in [0.15, 0.2) is 18.2 Å². The lowest BCUT2D eigenvalue weighted by Crippen LogP contribution is -2.27. The highest BCUT2D eigenvalue weighted by molar-refractivity contribution is 5.39. The van der Waals surface area contributed by atoms with E-state index < -0.39 is 0 Å². The van der Waals surface area contributed by atoms with Gasteiger partial charge in [-0.05, 0) is 25.5 Å². The van der Waals surface area contributed by atoms with Crippen molar-refractivity contribution in [2.45, 2.75) is 39.7 Å². The van der Waals surface area contributed by atoms with E-state index in [1.54, 1.807) is 0 Å². The van der Waals surface area contributed by atoms with E-state index in [9.17, 15) is 5.11 Å². The Kier molecular flexibility index (Phi) is 6.76. The van der Waals surface area contributed by atoms with Gasteiger partial charge >= 0.3 is 0 Å². The van der Waals surface area contributed by atoms with Gasteiger partial charge in [-0.15, -0.1) is 0 Å². The molecular weight excluding hydrogens is 226 g/mol. The summed E-state index contributed by atoms with van der Waals surface area (Å²) < 4.78 is 0. The second-order valence-electron chi connectivity index (χ2n) is 4.79. The molecule has 1 rings (SSSR count). The van der Waals surface area contributed by atoms with Crippen molar-refractivity contribution in [2.75, 3.05) is 19.7 Å². The number of phenols is 1. The van der Waals surface area contributed by atoms with Gasteiger partial charge in [-0.25, -0.2) is 0 Å². The molecule has 0 aromatic heterocycles. The number of hydrogen-bond acceptors (Lipinski definition) is 3. The van der Waals surface area contributed by atoms with Gasteiger partial charge < -0.3 is 10.2 Å². The number of benzene rings is 1. The molecule has 0 spiro atoms. The van der Waals surface area contributed by atoms with Crippen LogP contribution in [-0.2, 0) is 6.54 Å². The molecule has 0 aliphatic heterocycles. The quantitative estimate of drug-likeness (QED) is 0.698. The maximum absolute atomic E-state index is 10.00. The smallest absolute Gasteiger partial charge is 0.122 e. The molecule has 18 heavy (non-hydrogen) atoms. The fourth-order valence-electron chi connectivity index (χ4n) is 2.08. The standard InChI is InChI=1S/C15H25NO2/c1-3-4-5-9-16(10-11-17)12-14-8-6-7-13(2)15(14)18/h6-8,17-18H,3-5,9-12H2,1-2H3. The van der Waals surface area contributed by atoms with E-state index in [2.05, 4.69) is 11.8 Å². The second-order valence-corrected chi connectivity index (χ2v) is 4.79. The summed E-state index contributed by atoms with van der Waals surface area (Å²) in [4.78, 5) is 2.20. The lowest BCUT2D eigenvalue weighted by molar-refractivity contribution is 0.186. The molecule has 1 aromatic rings. The van der Waals surface area contributed by atoms with Gasteiger partial charge in [0.2, 0.25) is 0 Å². The first-order valence-electron chi connectivity index (χ1n) is 6.79. The Bertz CT molecular complexity index is 352. The van der Waals surface area contributed by atoms with Crippen LogP contribution >= 0.6 is 0 Å². The van der Waals surface area contributed by atoms with E-state index in [1.807, 2.05) is 25.1 Å². The number of para-hydroxylation sites is 1. The lowest BCUT2D eigenvalue weighted by Gasteiger charge is -2.22. The SMILES string of the molecule is CCCCCN(CCO)Cc1cccc(C)c1O. The van der Waals surface area contributed by atoms with Crippen molar-refractivity contribution in [3.63, 3.8) is 0 Å². The molecule has 0 heterocycles. The molecule has 2 N–H and O–H groups in total. The molecule has 0 radical (unpaired) electrons. The lowest BCUT2D eigenvalue weighted by atomic mass is 10.1. The van der Waals surface area contributed by atoms with Gasteiger partial charge in [-0.2, -0.15) is 0 Å². The molecular formula is C15H25NO2. The highest BCUT2D eigenvalue weighted by Gasteiger charge is 2.09. The fraction of sp³-hybridized carbons (Fsp3) is 0.600. The predicted molar refractivity (Wildman–Crippen MR) is 74.7 cm³/mol. The van der Waals surface area contributed by atoms with Crippen molar-refractivity contribution in [2.24, 2.45) is 0 Å². The minimum Gasteiger partial charge on any atom is -0.507 e. The van der Waals surface area contributed by atoms with Crippen LogP contribution in [0.4, 0.5) is 0 Å². The molecule has 3 nitrogen and oxygen atoms in total. The van der Waals surface area contributed by atoms with Crippen molar-refractivity contribution in [3.8, 4) is 5.75 Å². The second kappa shape index (κ2) is 8.11.